The van der Waals surface area contributed by atoms with Crippen LogP contribution in [0.4, 0.5) is 15.9 Å². The Kier molecular flexibility index (Phi) is 1.20. The van der Waals surface area contributed by atoms with Gasteiger partial charge < -0.3 is 4.90 Å². The average molecular weight is 205 g/mol. The quantitative estimate of drug-likeness (QED) is 0.595. The molecular weight excluding hydrogens is 193 g/mol. The Bertz CT molecular complexity index is 436. The fraction of sp³-hybridized carbons (Fsp3) is 0.455. The molecule has 0 amide bonds. The Balaban J connectivity index is 1.89. The van der Waals surface area contributed by atoms with Crippen molar-refractivity contribution in [2.75, 3.05) is 17.1 Å². The number of anilines is 2. The van der Waals surface area contributed by atoms with E-state index in [0.29, 0.717) is 17.8 Å². The number of fused-ring (bicyclic) bond motifs is 5. The molecule has 4 rings (SSSR count). The summed E-state index contributed by atoms with van der Waals surface area (Å²) in [6.07, 6.45) is 0.973. The lowest BCUT2D eigenvalue weighted by molar-refractivity contribution is 0.207. The maximum Gasteiger partial charge on any atom is 0.190 e. The molecule has 15 heavy (non-hydrogen) atoms. The van der Waals surface area contributed by atoms with Crippen molar-refractivity contribution in [1.29, 1.82) is 0 Å². The summed E-state index contributed by atoms with van der Waals surface area (Å²) in [5.41, 5.74) is 1.75. The van der Waals surface area contributed by atoms with Gasteiger partial charge in [-0.15, -0.1) is 0 Å². The first-order valence-electron chi connectivity index (χ1n) is 5.33. The van der Waals surface area contributed by atoms with Gasteiger partial charge in [-0.25, -0.2) is 0 Å². The van der Waals surface area contributed by atoms with Crippen LogP contribution in [-0.4, -0.2) is 30.3 Å². The summed E-state index contributed by atoms with van der Waals surface area (Å²) in [4.78, 5) is 4.34. The Hall–Kier alpha value is -1.29. The molecule has 3 atom stereocenters. The van der Waals surface area contributed by atoms with Crippen molar-refractivity contribution in [2.24, 2.45) is 0 Å². The second kappa shape index (κ2) is 2.27. The Morgan fingerprint density at radius 2 is 1.93 bits per heavy atom. The Morgan fingerprint density at radius 1 is 1.20 bits per heavy atom. The van der Waals surface area contributed by atoms with Crippen LogP contribution in [0.25, 0.3) is 0 Å². The van der Waals surface area contributed by atoms with Crippen LogP contribution in [-0.2, 0) is 0 Å². The van der Waals surface area contributed by atoms with Crippen LogP contribution in [0.1, 0.15) is 6.42 Å². The third-order valence-corrected chi connectivity index (χ3v) is 3.81. The minimum atomic E-state index is -0.203. The van der Waals surface area contributed by atoms with E-state index in [4.69, 9.17) is 0 Å². The Morgan fingerprint density at radius 3 is 2.73 bits per heavy atom. The molecule has 4 heteroatoms. The fourth-order valence-corrected chi connectivity index (χ4v) is 3.00. The highest BCUT2D eigenvalue weighted by Gasteiger charge is 2.61. The van der Waals surface area contributed by atoms with Gasteiger partial charge in [0.2, 0.25) is 0 Å². The SMILES string of the molecule is CN1C2CC2N2c3ccccc3N(F)C12. The molecule has 2 aliphatic heterocycles. The van der Waals surface area contributed by atoms with Crippen molar-refractivity contribution in [1.82, 2.24) is 4.90 Å². The molecular formula is C11H12FN3. The van der Waals surface area contributed by atoms with Crippen molar-refractivity contribution >= 4 is 11.4 Å². The second-order valence-electron chi connectivity index (χ2n) is 4.59. The highest BCUT2D eigenvalue weighted by Crippen LogP contribution is 2.53. The van der Waals surface area contributed by atoms with Crippen LogP contribution in [0.2, 0.25) is 0 Å². The minimum absolute atomic E-state index is 0.203. The van der Waals surface area contributed by atoms with Gasteiger partial charge in [-0.3, -0.25) is 4.90 Å². The number of benzene rings is 1. The molecule has 2 fully saturated rings. The largest absolute Gasteiger partial charge is 0.330 e. The molecule has 2 heterocycles. The van der Waals surface area contributed by atoms with Gasteiger partial charge in [0, 0.05) is 12.1 Å². The van der Waals surface area contributed by atoms with E-state index in [0.717, 1.165) is 10.8 Å². The highest BCUT2D eigenvalue weighted by molar-refractivity contribution is 5.78. The van der Waals surface area contributed by atoms with E-state index in [1.165, 1.54) is 6.42 Å². The predicted octanol–water partition coefficient (Wildman–Crippen LogP) is 1.57. The lowest BCUT2D eigenvalue weighted by Gasteiger charge is -2.28. The van der Waals surface area contributed by atoms with Gasteiger partial charge in [-0.1, -0.05) is 16.6 Å². The molecule has 3 unspecified atom stereocenters. The molecule has 1 aromatic rings. The minimum Gasteiger partial charge on any atom is -0.330 e. The van der Waals surface area contributed by atoms with E-state index < -0.39 is 0 Å². The zero-order valence-corrected chi connectivity index (χ0v) is 8.47. The number of hydrogen-bond donors (Lipinski definition) is 0. The summed E-state index contributed by atoms with van der Waals surface area (Å²) in [5.74, 6) is 0. The number of likely N-dealkylation sites (N-methyl/N-ethyl adjacent to an activating group) is 1. The van der Waals surface area contributed by atoms with Gasteiger partial charge in [0.25, 0.3) is 0 Å². The molecule has 3 aliphatic rings. The van der Waals surface area contributed by atoms with E-state index >= 15 is 0 Å². The van der Waals surface area contributed by atoms with Crippen molar-refractivity contribution in [3.8, 4) is 0 Å². The van der Waals surface area contributed by atoms with Crippen molar-refractivity contribution in [3.63, 3.8) is 0 Å². The molecule has 1 saturated heterocycles. The van der Waals surface area contributed by atoms with Gasteiger partial charge in [0.05, 0.1) is 11.4 Å². The first-order valence-corrected chi connectivity index (χ1v) is 5.33. The van der Waals surface area contributed by atoms with E-state index in [-0.39, 0.29) is 6.29 Å². The molecule has 0 bridgehead atoms. The van der Waals surface area contributed by atoms with E-state index in [2.05, 4.69) is 9.80 Å². The molecule has 0 spiro atoms. The van der Waals surface area contributed by atoms with Crippen LogP contribution in [0, 0.1) is 0 Å². The van der Waals surface area contributed by atoms with E-state index in [1.54, 1.807) is 0 Å². The van der Waals surface area contributed by atoms with Gasteiger partial charge in [0.1, 0.15) is 0 Å². The number of halogens is 1. The van der Waals surface area contributed by atoms with Gasteiger partial charge in [0.15, 0.2) is 6.29 Å². The highest BCUT2D eigenvalue weighted by atomic mass is 19.2. The maximum absolute atomic E-state index is 14.1. The summed E-state index contributed by atoms with van der Waals surface area (Å²) in [6.45, 7) is 0. The zero-order chi connectivity index (χ0) is 10.2. The molecule has 1 aromatic carbocycles. The Labute approximate surface area is 87.6 Å². The summed E-state index contributed by atoms with van der Waals surface area (Å²) >= 11 is 0. The molecule has 0 radical (unpaired) electrons. The van der Waals surface area contributed by atoms with E-state index in [9.17, 15) is 4.48 Å². The third kappa shape index (κ3) is 0.763. The molecule has 1 saturated carbocycles. The lowest BCUT2D eigenvalue weighted by atomic mass is 10.2. The van der Waals surface area contributed by atoms with Crippen LogP contribution in [0.15, 0.2) is 24.3 Å². The maximum atomic E-state index is 14.1. The number of nitrogens with zero attached hydrogens (tertiary/aromatic N) is 3. The number of hydrogen-bond acceptors (Lipinski definition) is 3. The first kappa shape index (κ1) is 7.93. The van der Waals surface area contributed by atoms with Crippen LogP contribution >= 0.6 is 0 Å². The predicted molar refractivity (Wildman–Crippen MR) is 56.3 cm³/mol. The summed E-state index contributed by atoms with van der Waals surface area (Å²) < 4.78 is 14.1. The van der Waals surface area contributed by atoms with Crippen LogP contribution in [0.5, 0.6) is 0 Å². The van der Waals surface area contributed by atoms with Crippen LogP contribution < -0.4 is 10.0 Å². The normalized spacial score (nSPS) is 36.5. The van der Waals surface area contributed by atoms with Crippen molar-refractivity contribution in [3.05, 3.63) is 24.3 Å². The second-order valence-corrected chi connectivity index (χ2v) is 4.59. The molecule has 78 valence electrons. The van der Waals surface area contributed by atoms with Crippen molar-refractivity contribution < 1.29 is 4.48 Å². The fourth-order valence-electron chi connectivity index (χ4n) is 3.00. The third-order valence-electron chi connectivity index (χ3n) is 3.81. The number of rotatable bonds is 0. The van der Waals surface area contributed by atoms with Gasteiger partial charge >= 0.3 is 0 Å². The summed E-state index contributed by atoms with van der Waals surface area (Å²) in [7, 11) is 2.01. The molecule has 3 nitrogen and oxygen atoms in total. The monoisotopic (exact) mass is 205 g/mol. The summed E-state index contributed by atoms with van der Waals surface area (Å²) in [5, 5.41) is 0.890. The molecule has 0 aromatic heterocycles. The van der Waals surface area contributed by atoms with Gasteiger partial charge in [-0.05, 0) is 25.6 Å². The first-order chi connectivity index (χ1) is 7.29. The average Bonchev–Trinajstić information content (AvgIpc) is 2.92. The number of para-hydroxylation sites is 2. The lowest BCUT2D eigenvalue weighted by Crippen LogP contribution is -2.46. The van der Waals surface area contributed by atoms with Crippen molar-refractivity contribution in [2.45, 2.75) is 24.8 Å². The van der Waals surface area contributed by atoms with E-state index in [1.807, 2.05) is 31.3 Å². The standard InChI is InChI=1S/C11H12FN3/c1-13-9-6-10(9)14-7-4-2-3-5-8(7)15(12)11(13)14/h2-5,9-11H,6H2,1H3. The summed E-state index contributed by atoms with van der Waals surface area (Å²) in [6, 6.07) is 8.81. The molecule has 1 aliphatic carbocycles. The zero-order valence-electron chi connectivity index (χ0n) is 8.47. The smallest absolute Gasteiger partial charge is 0.190 e. The topological polar surface area (TPSA) is 9.72 Å². The van der Waals surface area contributed by atoms with Gasteiger partial charge in [-0.2, -0.15) is 5.12 Å². The molecule has 0 N–H and O–H groups in total. The van der Waals surface area contributed by atoms with Crippen LogP contribution in [0.3, 0.4) is 0 Å².